The maximum atomic E-state index is 9.56. The number of rotatable bonds is 0. The van der Waals surface area contributed by atoms with Crippen LogP contribution in [-0.2, 0) is 0 Å². The Kier molecular flexibility index (Phi) is 1.08. The topological polar surface area (TPSA) is 33.1 Å². The zero-order chi connectivity index (χ0) is 8.84. The monoisotopic (exact) mass is 169 g/mol. The van der Waals surface area contributed by atoms with Gasteiger partial charge in [-0.15, -0.1) is 0 Å². The lowest BCUT2D eigenvalue weighted by atomic mass is 10.1. The second-order valence-corrected chi connectivity index (χ2v) is 3.13. The van der Waals surface area contributed by atoms with Crippen molar-refractivity contribution in [1.29, 1.82) is 0 Å². The lowest BCUT2D eigenvalue weighted by molar-refractivity contribution is 0.480. The van der Waals surface area contributed by atoms with Gasteiger partial charge in [0.05, 0.1) is 0 Å². The van der Waals surface area contributed by atoms with E-state index in [0.29, 0.717) is 5.52 Å². The van der Waals surface area contributed by atoms with Gasteiger partial charge in [0.25, 0.3) is 0 Å². The normalized spacial score (nSPS) is 12.6. The van der Waals surface area contributed by atoms with Crippen molar-refractivity contribution in [3.8, 4) is 5.75 Å². The molecule has 0 aliphatic heterocycles. The largest absolute Gasteiger partial charge is 0.506 e. The minimum atomic E-state index is 0.254. The molecule has 0 spiro atoms. The van der Waals surface area contributed by atoms with Crippen LogP contribution in [0.1, 0.15) is 11.1 Å². The average molecular weight is 169 g/mol. The van der Waals surface area contributed by atoms with Crippen molar-refractivity contribution in [3.05, 3.63) is 35.5 Å². The number of nitrogens with zero attached hydrogens (tertiary/aromatic N) is 1. The Morgan fingerprint density at radius 2 is 1.77 bits per heavy atom. The van der Waals surface area contributed by atoms with Crippen LogP contribution in [0.25, 0.3) is 23.1 Å². The Morgan fingerprint density at radius 3 is 2.62 bits per heavy atom. The van der Waals surface area contributed by atoms with E-state index in [1.165, 1.54) is 0 Å². The molecule has 1 N–H and O–H groups in total. The molecule has 1 aliphatic carbocycles. The number of hydrogen-bond donors (Lipinski definition) is 1. The molecule has 0 bridgehead atoms. The molecule has 1 aliphatic rings. The second-order valence-electron chi connectivity index (χ2n) is 3.13. The smallest absolute Gasteiger partial charge is 0.141 e. The molecule has 0 unspecified atom stereocenters. The van der Waals surface area contributed by atoms with Crippen molar-refractivity contribution in [2.24, 2.45) is 0 Å². The molecule has 0 saturated heterocycles. The molecule has 2 heteroatoms. The van der Waals surface area contributed by atoms with Crippen LogP contribution < -0.4 is 0 Å². The quantitative estimate of drug-likeness (QED) is 0.560. The van der Waals surface area contributed by atoms with Gasteiger partial charge in [-0.05, 0) is 23.3 Å². The van der Waals surface area contributed by atoms with E-state index in [4.69, 9.17) is 0 Å². The summed E-state index contributed by atoms with van der Waals surface area (Å²) in [6.45, 7) is 0. The van der Waals surface area contributed by atoms with E-state index in [9.17, 15) is 5.11 Å². The van der Waals surface area contributed by atoms with E-state index in [1.54, 1.807) is 12.3 Å². The summed E-state index contributed by atoms with van der Waals surface area (Å²) < 4.78 is 0. The summed E-state index contributed by atoms with van der Waals surface area (Å²) in [5, 5.41) is 10.6. The summed E-state index contributed by atoms with van der Waals surface area (Å²) in [5.41, 5.74) is 2.96. The Labute approximate surface area is 75.2 Å². The average Bonchev–Trinajstić information content (AvgIpc) is 2.57. The minimum absolute atomic E-state index is 0.254. The first-order chi connectivity index (χ1) is 6.36. The molecule has 0 radical (unpaired) electrons. The number of phenols is 1. The number of phenolic OH excluding ortho intramolecular Hbond substituents is 1. The van der Waals surface area contributed by atoms with Gasteiger partial charge in [0.1, 0.15) is 11.3 Å². The van der Waals surface area contributed by atoms with Gasteiger partial charge < -0.3 is 5.11 Å². The summed E-state index contributed by atoms with van der Waals surface area (Å²) in [4.78, 5) is 4.15. The molecule has 1 aromatic heterocycles. The highest BCUT2D eigenvalue weighted by Crippen LogP contribution is 2.33. The first-order valence-corrected chi connectivity index (χ1v) is 4.15. The lowest BCUT2D eigenvalue weighted by Gasteiger charge is -2.01. The first-order valence-electron chi connectivity index (χ1n) is 4.15. The number of aromatic hydroxyl groups is 1. The van der Waals surface area contributed by atoms with Crippen molar-refractivity contribution in [1.82, 2.24) is 4.98 Å². The maximum Gasteiger partial charge on any atom is 0.141 e. The molecule has 2 nitrogen and oxygen atoms in total. The number of hydrogen-bond acceptors (Lipinski definition) is 2. The summed E-state index contributed by atoms with van der Waals surface area (Å²) in [5.74, 6) is 0.254. The predicted octanol–water partition coefficient (Wildman–Crippen LogP) is 2.42. The highest BCUT2D eigenvalue weighted by atomic mass is 16.3. The molecule has 2 aromatic rings. The van der Waals surface area contributed by atoms with Gasteiger partial charge in [-0.1, -0.05) is 18.2 Å². The van der Waals surface area contributed by atoms with Gasteiger partial charge >= 0.3 is 0 Å². The third kappa shape index (κ3) is 0.746. The molecule has 3 rings (SSSR count). The fraction of sp³-hybridized carbons (Fsp3) is 0. The minimum Gasteiger partial charge on any atom is -0.506 e. The molecule has 62 valence electrons. The highest BCUT2D eigenvalue weighted by molar-refractivity contribution is 6.05. The fourth-order valence-corrected chi connectivity index (χ4v) is 1.76. The molecule has 0 atom stereocenters. The molecule has 0 saturated carbocycles. The van der Waals surface area contributed by atoms with Gasteiger partial charge in [-0.3, -0.25) is 4.98 Å². The van der Waals surface area contributed by atoms with Crippen LogP contribution in [0.4, 0.5) is 0 Å². The lowest BCUT2D eigenvalue weighted by Crippen LogP contribution is -1.82. The van der Waals surface area contributed by atoms with Gasteiger partial charge in [0, 0.05) is 11.6 Å². The number of aromatic nitrogens is 1. The van der Waals surface area contributed by atoms with Gasteiger partial charge in [-0.2, -0.15) is 0 Å². The standard InChI is InChI=1S/C11H7NO/c13-9-4-3-7-1-2-8-5-6-12-11(9)10(7)8/h1-6,13H. The van der Waals surface area contributed by atoms with E-state index in [0.717, 1.165) is 16.5 Å². The maximum absolute atomic E-state index is 9.56. The van der Waals surface area contributed by atoms with Crippen molar-refractivity contribution in [2.45, 2.75) is 0 Å². The second kappa shape index (κ2) is 2.10. The van der Waals surface area contributed by atoms with Crippen molar-refractivity contribution in [3.63, 3.8) is 0 Å². The zero-order valence-corrected chi connectivity index (χ0v) is 6.86. The number of pyridine rings is 1. The molecule has 1 aromatic carbocycles. The summed E-state index contributed by atoms with van der Waals surface area (Å²) in [7, 11) is 0. The third-order valence-electron chi connectivity index (χ3n) is 2.38. The van der Waals surface area contributed by atoms with Gasteiger partial charge in [0.2, 0.25) is 0 Å². The van der Waals surface area contributed by atoms with Gasteiger partial charge in [0.15, 0.2) is 0 Å². The molecular formula is C11H7NO. The SMILES string of the molecule is Oc1ccc2c3c(ccnc13)C=C2. The van der Waals surface area contributed by atoms with E-state index < -0.39 is 0 Å². The predicted molar refractivity (Wildman–Crippen MR) is 52.3 cm³/mol. The van der Waals surface area contributed by atoms with Crippen LogP contribution in [-0.4, -0.2) is 10.1 Å². The van der Waals surface area contributed by atoms with Gasteiger partial charge in [-0.25, -0.2) is 0 Å². The van der Waals surface area contributed by atoms with Crippen LogP contribution in [0.3, 0.4) is 0 Å². The van der Waals surface area contributed by atoms with E-state index in [1.807, 2.05) is 24.3 Å². The summed E-state index contributed by atoms with van der Waals surface area (Å²) in [6.07, 6.45) is 5.80. The Bertz CT molecular complexity index is 517. The summed E-state index contributed by atoms with van der Waals surface area (Å²) >= 11 is 0. The van der Waals surface area contributed by atoms with Crippen molar-refractivity contribution >= 4 is 23.1 Å². The molecule has 13 heavy (non-hydrogen) atoms. The van der Waals surface area contributed by atoms with E-state index in [-0.39, 0.29) is 5.75 Å². The van der Waals surface area contributed by atoms with E-state index >= 15 is 0 Å². The first kappa shape index (κ1) is 6.66. The molecule has 0 amide bonds. The van der Waals surface area contributed by atoms with Crippen molar-refractivity contribution < 1.29 is 5.11 Å². The molecular weight excluding hydrogens is 162 g/mol. The Balaban J connectivity index is 2.63. The fourth-order valence-electron chi connectivity index (χ4n) is 1.76. The molecule has 0 fully saturated rings. The zero-order valence-electron chi connectivity index (χ0n) is 6.86. The van der Waals surface area contributed by atoms with Crippen molar-refractivity contribution in [2.75, 3.05) is 0 Å². The van der Waals surface area contributed by atoms with Crippen LogP contribution in [0.15, 0.2) is 24.4 Å². The summed E-state index contributed by atoms with van der Waals surface area (Å²) in [6, 6.07) is 5.55. The van der Waals surface area contributed by atoms with E-state index in [2.05, 4.69) is 4.98 Å². The Hall–Kier alpha value is -1.83. The van der Waals surface area contributed by atoms with Crippen LogP contribution in [0, 0.1) is 0 Å². The Morgan fingerprint density at radius 1 is 1.00 bits per heavy atom. The number of benzene rings is 1. The van der Waals surface area contributed by atoms with Crippen LogP contribution in [0.2, 0.25) is 0 Å². The highest BCUT2D eigenvalue weighted by Gasteiger charge is 2.11. The third-order valence-corrected chi connectivity index (χ3v) is 2.38. The van der Waals surface area contributed by atoms with Crippen LogP contribution >= 0.6 is 0 Å². The van der Waals surface area contributed by atoms with Crippen LogP contribution in [0.5, 0.6) is 5.75 Å². The molecule has 1 heterocycles.